The SMILES string of the molecule is CCC(O)CCCNCc1nc(C)cs1. The molecule has 0 aliphatic rings. The molecule has 1 heterocycles. The summed E-state index contributed by atoms with van der Waals surface area (Å²) in [7, 11) is 0. The highest BCUT2D eigenvalue weighted by molar-refractivity contribution is 7.09. The van der Waals surface area contributed by atoms with E-state index in [1.165, 1.54) is 0 Å². The number of rotatable bonds is 7. The van der Waals surface area contributed by atoms with Crippen LogP contribution in [0.25, 0.3) is 0 Å². The van der Waals surface area contributed by atoms with Crippen molar-refractivity contribution in [2.75, 3.05) is 6.54 Å². The van der Waals surface area contributed by atoms with Gasteiger partial charge in [-0.2, -0.15) is 0 Å². The van der Waals surface area contributed by atoms with E-state index < -0.39 is 0 Å². The fourth-order valence-corrected chi connectivity index (χ4v) is 2.09. The molecule has 0 aliphatic heterocycles. The van der Waals surface area contributed by atoms with E-state index in [4.69, 9.17) is 0 Å². The molecule has 0 radical (unpaired) electrons. The monoisotopic (exact) mass is 228 g/mol. The molecule has 1 unspecified atom stereocenters. The van der Waals surface area contributed by atoms with Crippen molar-refractivity contribution in [1.82, 2.24) is 10.3 Å². The number of aliphatic hydroxyl groups excluding tert-OH is 1. The lowest BCUT2D eigenvalue weighted by molar-refractivity contribution is 0.157. The molecule has 0 aliphatic carbocycles. The molecule has 0 bridgehead atoms. The average Bonchev–Trinajstić information content (AvgIpc) is 2.63. The Morgan fingerprint density at radius 2 is 2.40 bits per heavy atom. The second-order valence-electron chi connectivity index (χ2n) is 3.76. The van der Waals surface area contributed by atoms with E-state index in [1.54, 1.807) is 11.3 Å². The minimum absolute atomic E-state index is 0.131. The van der Waals surface area contributed by atoms with Crippen LogP contribution in [-0.4, -0.2) is 22.7 Å². The van der Waals surface area contributed by atoms with E-state index in [0.29, 0.717) is 0 Å². The molecule has 1 rings (SSSR count). The van der Waals surface area contributed by atoms with Crippen molar-refractivity contribution < 1.29 is 5.11 Å². The zero-order chi connectivity index (χ0) is 11.1. The topological polar surface area (TPSA) is 45.1 Å². The van der Waals surface area contributed by atoms with Gasteiger partial charge in [0.2, 0.25) is 0 Å². The van der Waals surface area contributed by atoms with Gasteiger partial charge >= 0.3 is 0 Å². The van der Waals surface area contributed by atoms with Crippen molar-refractivity contribution in [2.24, 2.45) is 0 Å². The zero-order valence-electron chi connectivity index (χ0n) is 9.49. The van der Waals surface area contributed by atoms with Crippen LogP contribution in [0.15, 0.2) is 5.38 Å². The van der Waals surface area contributed by atoms with Crippen molar-refractivity contribution in [1.29, 1.82) is 0 Å². The number of hydrogen-bond donors (Lipinski definition) is 2. The van der Waals surface area contributed by atoms with Gasteiger partial charge in [-0.25, -0.2) is 4.98 Å². The molecule has 0 amide bonds. The third kappa shape index (κ3) is 5.25. The summed E-state index contributed by atoms with van der Waals surface area (Å²) in [4.78, 5) is 4.37. The second kappa shape index (κ2) is 6.93. The van der Waals surface area contributed by atoms with E-state index in [0.717, 1.165) is 43.1 Å². The number of aliphatic hydroxyl groups is 1. The number of nitrogens with zero attached hydrogens (tertiary/aromatic N) is 1. The predicted octanol–water partition coefficient (Wildman–Crippen LogP) is 2.09. The van der Waals surface area contributed by atoms with Crippen molar-refractivity contribution in [3.05, 3.63) is 16.1 Å². The molecule has 0 saturated carbocycles. The zero-order valence-corrected chi connectivity index (χ0v) is 10.3. The van der Waals surface area contributed by atoms with Crippen LogP contribution in [0.4, 0.5) is 0 Å². The highest BCUT2D eigenvalue weighted by Crippen LogP contribution is 2.07. The van der Waals surface area contributed by atoms with Crippen molar-refractivity contribution >= 4 is 11.3 Å². The van der Waals surface area contributed by atoms with E-state index in [-0.39, 0.29) is 6.10 Å². The third-order valence-corrected chi connectivity index (χ3v) is 3.27. The molecule has 1 aromatic heterocycles. The lowest BCUT2D eigenvalue weighted by atomic mass is 10.1. The van der Waals surface area contributed by atoms with Crippen molar-refractivity contribution in [3.63, 3.8) is 0 Å². The highest BCUT2D eigenvalue weighted by Gasteiger charge is 2.00. The molecule has 0 spiro atoms. The minimum Gasteiger partial charge on any atom is -0.393 e. The molecule has 15 heavy (non-hydrogen) atoms. The molecule has 4 heteroatoms. The Balaban J connectivity index is 2.02. The average molecular weight is 228 g/mol. The molecule has 1 atom stereocenters. The summed E-state index contributed by atoms with van der Waals surface area (Å²) in [6.07, 6.45) is 2.64. The molecular weight excluding hydrogens is 208 g/mol. The van der Waals surface area contributed by atoms with Crippen LogP contribution < -0.4 is 5.32 Å². The van der Waals surface area contributed by atoms with Crippen LogP contribution in [0.1, 0.15) is 36.9 Å². The van der Waals surface area contributed by atoms with Crippen LogP contribution in [0.3, 0.4) is 0 Å². The van der Waals surface area contributed by atoms with Gasteiger partial charge in [-0.3, -0.25) is 0 Å². The first-order valence-electron chi connectivity index (χ1n) is 5.52. The summed E-state index contributed by atoms with van der Waals surface area (Å²) in [5.74, 6) is 0. The number of aryl methyl sites for hydroxylation is 1. The number of nitrogens with one attached hydrogen (secondary N) is 1. The molecular formula is C11H20N2OS. The molecule has 0 saturated heterocycles. The van der Waals surface area contributed by atoms with E-state index in [1.807, 2.05) is 13.8 Å². The highest BCUT2D eigenvalue weighted by atomic mass is 32.1. The smallest absolute Gasteiger partial charge is 0.107 e. The van der Waals surface area contributed by atoms with Gasteiger partial charge in [0.15, 0.2) is 0 Å². The standard InChI is InChI=1S/C11H20N2OS/c1-3-10(14)5-4-6-12-7-11-13-9(2)8-15-11/h8,10,12,14H,3-7H2,1-2H3. The summed E-state index contributed by atoms with van der Waals surface area (Å²) in [6, 6.07) is 0. The van der Waals surface area contributed by atoms with Gasteiger partial charge in [0, 0.05) is 17.6 Å². The first-order chi connectivity index (χ1) is 7.22. The lowest BCUT2D eigenvalue weighted by Gasteiger charge is -2.07. The Bertz CT molecular complexity index is 275. The van der Waals surface area contributed by atoms with Crippen LogP contribution in [-0.2, 0) is 6.54 Å². The van der Waals surface area contributed by atoms with Crippen LogP contribution >= 0.6 is 11.3 Å². The van der Waals surface area contributed by atoms with Gasteiger partial charge in [-0.15, -0.1) is 11.3 Å². The third-order valence-electron chi connectivity index (χ3n) is 2.30. The molecule has 0 fully saturated rings. The summed E-state index contributed by atoms with van der Waals surface area (Å²) in [5, 5.41) is 15.9. The van der Waals surface area contributed by atoms with E-state index in [9.17, 15) is 5.11 Å². The fourth-order valence-electron chi connectivity index (χ4n) is 1.35. The maximum Gasteiger partial charge on any atom is 0.107 e. The van der Waals surface area contributed by atoms with Gasteiger partial charge in [0.05, 0.1) is 6.10 Å². The second-order valence-corrected chi connectivity index (χ2v) is 4.71. The Morgan fingerprint density at radius 3 is 3.00 bits per heavy atom. The first kappa shape index (κ1) is 12.6. The van der Waals surface area contributed by atoms with Gasteiger partial charge in [0.25, 0.3) is 0 Å². The van der Waals surface area contributed by atoms with E-state index in [2.05, 4.69) is 15.7 Å². The van der Waals surface area contributed by atoms with E-state index >= 15 is 0 Å². The Morgan fingerprint density at radius 1 is 1.60 bits per heavy atom. The number of aromatic nitrogens is 1. The van der Waals surface area contributed by atoms with Gasteiger partial charge < -0.3 is 10.4 Å². The molecule has 86 valence electrons. The summed E-state index contributed by atoms with van der Waals surface area (Å²) < 4.78 is 0. The number of thiazole rings is 1. The molecule has 1 aromatic rings. The van der Waals surface area contributed by atoms with Crippen molar-refractivity contribution in [3.8, 4) is 0 Å². The fraction of sp³-hybridized carbons (Fsp3) is 0.727. The van der Waals surface area contributed by atoms with Gasteiger partial charge in [-0.05, 0) is 32.7 Å². The minimum atomic E-state index is -0.131. The molecule has 3 nitrogen and oxygen atoms in total. The maximum absolute atomic E-state index is 9.34. The molecule has 2 N–H and O–H groups in total. The van der Waals surface area contributed by atoms with Crippen LogP contribution in [0.5, 0.6) is 0 Å². The van der Waals surface area contributed by atoms with Crippen molar-refractivity contribution in [2.45, 2.75) is 45.8 Å². The summed E-state index contributed by atoms with van der Waals surface area (Å²) >= 11 is 1.70. The Labute approximate surface area is 95.6 Å². The van der Waals surface area contributed by atoms with Crippen LogP contribution in [0.2, 0.25) is 0 Å². The maximum atomic E-state index is 9.34. The van der Waals surface area contributed by atoms with Crippen LogP contribution in [0, 0.1) is 6.92 Å². The quantitative estimate of drug-likeness (QED) is 0.702. The van der Waals surface area contributed by atoms with Gasteiger partial charge in [0.1, 0.15) is 5.01 Å². The number of hydrogen-bond acceptors (Lipinski definition) is 4. The normalized spacial score (nSPS) is 13.0. The largest absolute Gasteiger partial charge is 0.393 e. The van der Waals surface area contributed by atoms with Gasteiger partial charge in [-0.1, -0.05) is 6.92 Å². The Hall–Kier alpha value is -0.450. The molecule has 0 aromatic carbocycles. The lowest BCUT2D eigenvalue weighted by Crippen LogP contribution is -2.16. The Kier molecular flexibility index (Phi) is 5.83. The first-order valence-corrected chi connectivity index (χ1v) is 6.40. The summed E-state index contributed by atoms with van der Waals surface area (Å²) in [6.45, 7) is 5.82. The summed E-state index contributed by atoms with van der Waals surface area (Å²) in [5.41, 5.74) is 1.10. The predicted molar refractivity (Wildman–Crippen MR) is 64.1 cm³/mol.